The fourth-order valence-corrected chi connectivity index (χ4v) is 2.39. The molecule has 28 heavy (non-hydrogen) atoms. The highest BCUT2D eigenvalue weighted by molar-refractivity contribution is 5.79. The minimum absolute atomic E-state index is 0.00604. The molecule has 0 aromatic heterocycles. The first-order valence-electron chi connectivity index (χ1n) is 8.21. The van der Waals surface area contributed by atoms with E-state index < -0.39 is 12.4 Å². The van der Waals surface area contributed by atoms with E-state index in [0.29, 0.717) is 28.4 Å². The predicted molar refractivity (Wildman–Crippen MR) is 97.8 cm³/mol. The zero-order valence-electron chi connectivity index (χ0n) is 15.3. The number of ether oxygens (including phenoxy) is 2. The number of guanidine groups is 1. The molecule has 0 saturated heterocycles. The molecule has 0 aliphatic rings. The first-order valence-corrected chi connectivity index (χ1v) is 8.21. The number of aliphatic imine (C=N–C) groups is 1. The van der Waals surface area contributed by atoms with Gasteiger partial charge in [0.2, 0.25) is 0 Å². The lowest BCUT2D eigenvalue weighted by Gasteiger charge is -2.15. The Kier molecular flexibility index (Phi) is 7.51. The van der Waals surface area contributed by atoms with Crippen LogP contribution in [0.3, 0.4) is 0 Å². The van der Waals surface area contributed by atoms with Gasteiger partial charge in [0.25, 0.3) is 0 Å². The third-order valence-corrected chi connectivity index (χ3v) is 3.77. The summed E-state index contributed by atoms with van der Waals surface area (Å²) in [5.41, 5.74) is 1.07. The Morgan fingerprint density at radius 1 is 1.14 bits per heavy atom. The zero-order valence-corrected chi connectivity index (χ0v) is 15.3. The molecule has 6 nitrogen and oxygen atoms in total. The van der Waals surface area contributed by atoms with Crippen molar-refractivity contribution in [2.24, 2.45) is 4.99 Å². The number of nitrogens with zero attached hydrogens (tertiary/aromatic N) is 2. The highest BCUT2D eigenvalue weighted by Gasteiger charge is 2.12. The van der Waals surface area contributed by atoms with Crippen LogP contribution >= 0.6 is 0 Å². The van der Waals surface area contributed by atoms with Crippen molar-refractivity contribution in [1.82, 2.24) is 10.6 Å². The van der Waals surface area contributed by atoms with Crippen molar-refractivity contribution in [2.45, 2.75) is 19.7 Å². The quantitative estimate of drug-likeness (QED) is 0.559. The van der Waals surface area contributed by atoms with Gasteiger partial charge in [-0.3, -0.25) is 4.99 Å². The second-order valence-electron chi connectivity index (χ2n) is 5.55. The number of rotatable bonds is 7. The molecule has 0 bridgehead atoms. The molecule has 0 amide bonds. The van der Waals surface area contributed by atoms with Gasteiger partial charge in [0, 0.05) is 31.3 Å². The van der Waals surface area contributed by atoms with Crippen LogP contribution in [0, 0.1) is 17.1 Å². The molecule has 2 aromatic carbocycles. The Morgan fingerprint density at radius 2 is 1.86 bits per heavy atom. The van der Waals surface area contributed by atoms with E-state index in [-0.39, 0.29) is 18.8 Å². The number of nitrogens with one attached hydrogen (secondary N) is 2. The number of methoxy groups -OCH3 is 1. The molecule has 0 radical (unpaired) electrons. The van der Waals surface area contributed by atoms with Crippen molar-refractivity contribution in [3.63, 3.8) is 0 Å². The van der Waals surface area contributed by atoms with E-state index >= 15 is 0 Å². The molecule has 0 aliphatic carbocycles. The second-order valence-corrected chi connectivity index (χ2v) is 5.55. The average molecular weight is 392 g/mol. The molecule has 148 valence electrons. The van der Waals surface area contributed by atoms with Crippen molar-refractivity contribution in [1.29, 1.82) is 5.26 Å². The number of hydrogen-bond acceptors (Lipinski definition) is 4. The smallest absolute Gasteiger partial charge is 0.387 e. The SMILES string of the molecule is CN=C(NCc1cc(C#N)ccc1F)NCc1cc(OC)ccc1OC(F)F. The summed E-state index contributed by atoms with van der Waals surface area (Å²) in [7, 11) is 2.98. The maximum absolute atomic E-state index is 13.9. The molecular weight excluding hydrogens is 373 g/mol. The van der Waals surface area contributed by atoms with Gasteiger partial charge in [-0.05, 0) is 36.4 Å². The summed E-state index contributed by atoms with van der Waals surface area (Å²) in [4.78, 5) is 4.01. The first kappa shape index (κ1) is 20.9. The van der Waals surface area contributed by atoms with Crippen LogP contribution < -0.4 is 20.1 Å². The third kappa shape index (κ3) is 5.81. The van der Waals surface area contributed by atoms with E-state index in [1.165, 1.54) is 44.5 Å². The van der Waals surface area contributed by atoms with Crippen LogP contribution in [-0.2, 0) is 13.1 Å². The summed E-state index contributed by atoms with van der Waals surface area (Å²) < 4.78 is 48.6. The molecule has 0 fully saturated rings. The highest BCUT2D eigenvalue weighted by Crippen LogP contribution is 2.25. The van der Waals surface area contributed by atoms with Crippen molar-refractivity contribution in [3.05, 3.63) is 58.9 Å². The lowest BCUT2D eigenvalue weighted by atomic mass is 10.1. The Labute approximate surface area is 160 Å². The molecular formula is C19H19F3N4O2. The second kappa shape index (κ2) is 10.1. The summed E-state index contributed by atoms with van der Waals surface area (Å²) >= 11 is 0. The minimum atomic E-state index is -2.96. The van der Waals surface area contributed by atoms with Crippen LogP contribution in [0.5, 0.6) is 11.5 Å². The highest BCUT2D eigenvalue weighted by atomic mass is 19.3. The largest absolute Gasteiger partial charge is 0.497 e. The molecule has 2 N–H and O–H groups in total. The number of halogens is 3. The maximum atomic E-state index is 13.9. The lowest BCUT2D eigenvalue weighted by Crippen LogP contribution is -2.36. The normalized spacial score (nSPS) is 11.1. The summed E-state index contributed by atoms with van der Waals surface area (Å²) in [5.74, 6) is 0.346. The van der Waals surface area contributed by atoms with Gasteiger partial charge < -0.3 is 20.1 Å². The standard InChI is InChI=1S/C19H19F3N4O2/c1-24-19(25-10-13-7-12(9-23)3-5-16(13)20)26-11-14-8-15(27-2)4-6-17(14)28-18(21)22/h3-8,18H,10-11H2,1-2H3,(H2,24,25,26). The Balaban J connectivity index is 2.05. The summed E-state index contributed by atoms with van der Waals surface area (Å²) in [6.45, 7) is -2.76. The Morgan fingerprint density at radius 3 is 2.46 bits per heavy atom. The summed E-state index contributed by atoms with van der Waals surface area (Å²) in [6, 6.07) is 10.5. The van der Waals surface area contributed by atoms with Crippen molar-refractivity contribution >= 4 is 5.96 Å². The van der Waals surface area contributed by atoms with Gasteiger partial charge in [0.1, 0.15) is 17.3 Å². The van der Waals surface area contributed by atoms with E-state index in [4.69, 9.17) is 10.00 Å². The minimum Gasteiger partial charge on any atom is -0.497 e. The van der Waals surface area contributed by atoms with Gasteiger partial charge in [0.05, 0.1) is 18.7 Å². The molecule has 0 unspecified atom stereocenters. The number of alkyl halides is 2. The maximum Gasteiger partial charge on any atom is 0.387 e. The van der Waals surface area contributed by atoms with Crippen LogP contribution in [0.15, 0.2) is 41.4 Å². The molecule has 9 heteroatoms. The van der Waals surface area contributed by atoms with Gasteiger partial charge in [-0.15, -0.1) is 0 Å². The van der Waals surface area contributed by atoms with Crippen molar-refractivity contribution in [2.75, 3.05) is 14.2 Å². The van der Waals surface area contributed by atoms with Gasteiger partial charge in [0.15, 0.2) is 5.96 Å². The van der Waals surface area contributed by atoms with Crippen LogP contribution in [0.4, 0.5) is 13.2 Å². The average Bonchev–Trinajstić information content (AvgIpc) is 2.69. The zero-order chi connectivity index (χ0) is 20.5. The Hall–Kier alpha value is -3.41. The third-order valence-electron chi connectivity index (χ3n) is 3.77. The van der Waals surface area contributed by atoms with Crippen molar-refractivity contribution in [3.8, 4) is 17.6 Å². The van der Waals surface area contributed by atoms with E-state index in [1.807, 2.05) is 6.07 Å². The molecule has 0 spiro atoms. The van der Waals surface area contributed by atoms with E-state index in [0.717, 1.165) is 0 Å². The fraction of sp³-hybridized carbons (Fsp3) is 0.263. The molecule has 2 rings (SSSR count). The van der Waals surface area contributed by atoms with Crippen LogP contribution in [0.1, 0.15) is 16.7 Å². The monoisotopic (exact) mass is 392 g/mol. The van der Waals surface area contributed by atoms with Gasteiger partial charge >= 0.3 is 6.61 Å². The fourth-order valence-electron chi connectivity index (χ4n) is 2.39. The van der Waals surface area contributed by atoms with Crippen LogP contribution in [-0.4, -0.2) is 26.7 Å². The molecule has 0 atom stereocenters. The number of hydrogen-bond donors (Lipinski definition) is 2. The van der Waals surface area contributed by atoms with Crippen LogP contribution in [0.2, 0.25) is 0 Å². The molecule has 0 aliphatic heterocycles. The van der Waals surface area contributed by atoms with Crippen LogP contribution in [0.25, 0.3) is 0 Å². The van der Waals surface area contributed by atoms with Gasteiger partial charge in [-0.1, -0.05) is 0 Å². The van der Waals surface area contributed by atoms with E-state index in [9.17, 15) is 13.2 Å². The molecule has 0 saturated carbocycles. The summed E-state index contributed by atoms with van der Waals surface area (Å²) in [5, 5.41) is 14.8. The van der Waals surface area contributed by atoms with Crippen molar-refractivity contribution < 1.29 is 22.6 Å². The number of nitriles is 1. The Bertz CT molecular complexity index is 882. The predicted octanol–water partition coefficient (Wildman–Crippen LogP) is 3.17. The lowest BCUT2D eigenvalue weighted by molar-refractivity contribution is -0.0504. The van der Waals surface area contributed by atoms with Gasteiger partial charge in [-0.2, -0.15) is 14.0 Å². The van der Waals surface area contributed by atoms with E-state index in [2.05, 4.69) is 20.4 Å². The topological polar surface area (TPSA) is 78.7 Å². The van der Waals surface area contributed by atoms with Gasteiger partial charge in [-0.25, -0.2) is 4.39 Å². The number of benzene rings is 2. The molecule has 0 heterocycles. The first-order chi connectivity index (χ1) is 13.5. The summed E-state index contributed by atoms with van der Waals surface area (Å²) in [6.07, 6.45) is 0. The molecule has 2 aromatic rings. The van der Waals surface area contributed by atoms with E-state index in [1.54, 1.807) is 6.07 Å².